The lowest BCUT2D eigenvalue weighted by atomic mass is 10.0. The van der Waals surface area contributed by atoms with Gasteiger partial charge in [0.1, 0.15) is 12.1 Å². The van der Waals surface area contributed by atoms with E-state index in [2.05, 4.69) is 12.2 Å². The van der Waals surface area contributed by atoms with Gasteiger partial charge in [0.05, 0.1) is 6.10 Å². The van der Waals surface area contributed by atoms with Crippen LogP contribution in [0.15, 0.2) is 0 Å². The molecule has 0 aromatic carbocycles. The first kappa shape index (κ1) is 35.5. The number of hydrogen-bond acceptors (Lipinski definition) is 6. The van der Waals surface area contributed by atoms with E-state index in [-0.39, 0.29) is 5.91 Å². The maximum atomic E-state index is 11.9. The topological polar surface area (TPSA) is 176 Å². The standard InChI is InChI=1S/C22H44N2O3.C4H9NO3/c1-2-3-4-5-6-7-8-9-10-11-12-13-14-18-21(25)24-20(22(26)27)17-15-16-19-23;1-2(6)3(5)4(7)8/h20H,2-19,23H2,1H3,(H,24,25)(H,26,27);2-3,6H,5H2,1H3,(H,7,8)/t20-;2-,3+/m01/s1. The molecule has 8 N–H and O–H groups in total. The lowest BCUT2D eigenvalue weighted by Gasteiger charge is -2.14. The van der Waals surface area contributed by atoms with Crippen molar-refractivity contribution in [1.29, 1.82) is 0 Å². The third kappa shape index (κ3) is 25.2. The molecule has 0 unspecified atom stereocenters. The van der Waals surface area contributed by atoms with Crippen molar-refractivity contribution in [2.24, 2.45) is 11.5 Å². The summed E-state index contributed by atoms with van der Waals surface area (Å²) >= 11 is 0. The van der Waals surface area contributed by atoms with E-state index in [9.17, 15) is 14.4 Å². The Bertz CT molecular complexity index is 531. The zero-order valence-corrected chi connectivity index (χ0v) is 22.2. The number of carbonyl (C=O) groups is 3. The molecule has 35 heavy (non-hydrogen) atoms. The number of carboxylic acids is 2. The number of aliphatic hydroxyl groups excluding tert-OH is 1. The Labute approximate surface area is 212 Å². The zero-order chi connectivity index (χ0) is 26.9. The molecule has 0 aromatic rings. The van der Waals surface area contributed by atoms with Gasteiger partial charge in [-0.3, -0.25) is 9.59 Å². The fraction of sp³-hybridized carbons (Fsp3) is 0.885. The van der Waals surface area contributed by atoms with Crippen LogP contribution in [-0.4, -0.2) is 57.9 Å². The number of carboxylic acid groups (broad SMARTS) is 2. The van der Waals surface area contributed by atoms with Crippen LogP contribution in [0.4, 0.5) is 0 Å². The van der Waals surface area contributed by atoms with Gasteiger partial charge in [0.25, 0.3) is 0 Å². The molecule has 0 saturated carbocycles. The third-order valence-corrected chi connectivity index (χ3v) is 5.89. The molecule has 0 spiro atoms. The van der Waals surface area contributed by atoms with Crippen molar-refractivity contribution in [3.63, 3.8) is 0 Å². The van der Waals surface area contributed by atoms with Gasteiger partial charge < -0.3 is 32.1 Å². The third-order valence-electron chi connectivity index (χ3n) is 5.89. The highest BCUT2D eigenvalue weighted by Crippen LogP contribution is 2.13. The van der Waals surface area contributed by atoms with E-state index < -0.39 is 30.1 Å². The van der Waals surface area contributed by atoms with Crippen LogP contribution in [0, 0.1) is 0 Å². The molecule has 0 aromatic heterocycles. The van der Waals surface area contributed by atoms with Gasteiger partial charge in [-0.15, -0.1) is 0 Å². The van der Waals surface area contributed by atoms with Crippen molar-refractivity contribution in [3.8, 4) is 0 Å². The predicted octanol–water partition coefficient (Wildman–Crippen LogP) is 3.95. The summed E-state index contributed by atoms with van der Waals surface area (Å²) in [6.45, 7) is 4.14. The Kier molecular flexibility index (Phi) is 25.7. The highest BCUT2D eigenvalue weighted by atomic mass is 16.4. The SMILES string of the molecule is CCCCCCCCCCCCCCCC(=O)N[C@@H](CCCCN)C(=O)O.C[C@@H](O)[C@H](N)C(=O)O. The van der Waals surface area contributed by atoms with Crippen LogP contribution >= 0.6 is 0 Å². The number of aliphatic hydroxyl groups is 1. The molecule has 3 atom stereocenters. The maximum Gasteiger partial charge on any atom is 0.326 e. The van der Waals surface area contributed by atoms with Crippen molar-refractivity contribution in [1.82, 2.24) is 5.32 Å². The molecule has 0 bridgehead atoms. The Hall–Kier alpha value is -1.71. The molecule has 0 radical (unpaired) electrons. The molecule has 0 aliphatic carbocycles. The minimum absolute atomic E-state index is 0.141. The molecule has 0 fully saturated rings. The van der Waals surface area contributed by atoms with E-state index in [0.29, 0.717) is 19.4 Å². The molecule has 9 heteroatoms. The number of amides is 1. The van der Waals surface area contributed by atoms with Crippen LogP contribution in [0.2, 0.25) is 0 Å². The number of carbonyl (C=O) groups excluding carboxylic acids is 1. The molecule has 0 aliphatic rings. The van der Waals surface area contributed by atoms with Gasteiger partial charge in [0, 0.05) is 6.42 Å². The van der Waals surface area contributed by atoms with Crippen LogP contribution in [-0.2, 0) is 14.4 Å². The predicted molar refractivity (Wildman–Crippen MR) is 140 cm³/mol. The van der Waals surface area contributed by atoms with Crippen LogP contribution in [0.3, 0.4) is 0 Å². The lowest BCUT2D eigenvalue weighted by Crippen LogP contribution is -2.40. The zero-order valence-electron chi connectivity index (χ0n) is 22.2. The quantitative estimate of drug-likeness (QED) is 0.120. The van der Waals surface area contributed by atoms with Crippen molar-refractivity contribution < 1.29 is 29.7 Å². The molecule has 0 rings (SSSR count). The Morgan fingerprint density at radius 2 is 1.20 bits per heavy atom. The van der Waals surface area contributed by atoms with E-state index in [1.807, 2.05) is 0 Å². The lowest BCUT2D eigenvalue weighted by molar-refractivity contribution is -0.142. The van der Waals surface area contributed by atoms with Crippen LogP contribution < -0.4 is 16.8 Å². The number of nitrogens with two attached hydrogens (primary N) is 2. The normalized spacial score (nSPS) is 13.3. The molecule has 0 aliphatic heterocycles. The van der Waals surface area contributed by atoms with Crippen molar-refractivity contribution in [3.05, 3.63) is 0 Å². The Morgan fingerprint density at radius 1 is 0.743 bits per heavy atom. The van der Waals surface area contributed by atoms with Crippen molar-refractivity contribution in [2.45, 2.75) is 141 Å². The molecule has 1 amide bonds. The van der Waals surface area contributed by atoms with Gasteiger partial charge >= 0.3 is 11.9 Å². The summed E-state index contributed by atoms with van der Waals surface area (Å²) in [4.78, 5) is 32.9. The number of aliphatic carboxylic acids is 2. The summed E-state index contributed by atoms with van der Waals surface area (Å²) in [5.74, 6) is -2.27. The van der Waals surface area contributed by atoms with E-state index >= 15 is 0 Å². The monoisotopic (exact) mass is 503 g/mol. The van der Waals surface area contributed by atoms with Gasteiger partial charge in [-0.05, 0) is 39.2 Å². The van der Waals surface area contributed by atoms with Crippen molar-refractivity contribution >= 4 is 17.8 Å². The molecular weight excluding hydrogens is 450 g/mol. The first-order valence-corrected chi connectivity index (χ1v) is 13.6. The van der Waals surface area contributed by atoms with E-state index in [0.717, 1.165) is 25.7 Å². The average Bonchev–Trinajstić information content (AvgIpc) is 2.81. The fourth-order valence-corrected chi connectivity index (χ4v) is 3.53. The van der Waals surface area contributed by atoms with E-state index in [1.54, 1.807) is 0 Å². The van der Waals surface area contributed by atoms with Gasteiger partial charge in [-0.2, -0.15) is 0 Å². The number of rotatable bonds is 22. The second-order valence-electron chi connectivity index (χ2n) is 9.34. The Morgan fingerprint density at radius 3 is 1.54 bits per heavy atom. The summed E-state index contributed by atoms with van der Waals surface area (Å²) in [6, 6.07) is -1.93. The van der Waals surface area contributed by atoms with Crippen LogP contribution in [0.5, 0.6) is 0 Å². The molecule has 208 valence electrons. The van der Waals surface area contributed by atoms with E-state index in [1.165, 1.54) is 77.6 Å². The summed E-state index contributed by atoms with van der Waals surface area (Å²) in [7, 11) is 0. The Balaban J connectivity index is 0. The fourth-order valence-electron chi connectivity index (χ4n) is 3.53. The first-order valence-electron chi connectivity index (χ1n) is 13.6. The molecule has 9 nitrogen and oxygen atoms in total. The highest BCUT2D eigenvalue weighted by molar-refractivity contribution is 5.83. The second kappa shape index (κ2) is 25.4. The highest BCUT2D eigenvalue weighted by Gasteiger charge is 2.19. The summed E-state index contributed by atoms with van der Waals surface area (Å²) in [5, 5.41) is 28.4. The summed E-state index contributed by atoms with van der Waals surface area (Å²) in [6.07, 6.45) is 18.0. The van der Waals surface area contributed by atoms with Crippen LogP contribution in [0.1, 0.15) is 123 Å². The van der Waals surface area contributed by atoms with Gasteiger partial charge in [-0.1, -0.05) is 84.0 Å². The average molecular weight is 504 g/mol. The molecular formula is C26H53N3O6. The number of hydrogen-bond donors (Lipinski definition) is 6. The van der Waals surface area contributed by atoms with Gasteiger partial charge in [0.15, 0.2) is 0 Å². The minimum atomic E-state index is -1.18. The second-order valence-corrected chi connectivity index (χ2v) is 9.34. The summed E-state index contributed by atoms with van der Waals surface area (Å²) in [5.41, 5.74) is 10.3. The van der Waals surface area contributed by atoms with E-state index in [4.69, 9.17) is 26.8 Å². The molecule has 0 saturated heterocycles. The largest absolute Gasteiger partial charge is 0.480 e. The summed E-state index contributed by atoms with van der Waals surface area (Å²) < 4.78 is 0. The smallest absolute Gasteiger partial charge is 0.326 e. The first-order chi connectivity index (χ1) is 16.7. The van der Waals surface area contributed by atoms with Gasteiger partial charge in [0.2, 0.25) is 5.91 Å². The molecule has 0 heterocycles. The number of unbranched alkanes of at least 4 members (excludes halogenated alkanes) is 13. The van der Waals surface area contributed by atoms with Crippen LogP contribution in [0.25, 0.3) is 0 Å². The van der Waals surface area contributed by atoms with Gasteiger partial charge in [-0.25, -0.2) is 4.79 Å². The minimum Gasteiger partial charge on any atom is -0.480 e. The number of nitrogens with one attached hydrogen (secondary N) is 1. The maximum absolute atomic E-state index is 11.9. The van der Waals surface area contributed by atoms with Crippen molar-refractivity contribution in [2.75, 3.05) is 6.54 Å².